The summed E-state index contributed by atoms with van der Waals surface area (Å²) in [6.07, 6.45) is 3.30. The lowest BCUT2D eigenvalue weighted by atomic mass is 10.2. The van der Waals surface area contributed by atoms with E-state index in [1.807, 2.05) is 0 Å². The summed E-state index contributed by atoms with van der Waals surface area (Å²) in [7, 11) is -3.53. The third kappa shape index (κ3) is 4.24. The number of aromatic nitrogens is 1. The highest BCUT2D eigenvalue weighted by Gasteiger charge is 2.27. The molecule has 2 heterocycles. The molecule has 1 aliphatic rings. The Morgan fingerprint density at radius 2 is 1.63 bits per heavy atom. The Labute approximate surface area is 161 Å². The van der Waals surface area contributed by atoms with Gasteiger partial charge in [0.1, 0.15) is 4.64 Å². The number of hydrogen-bond acceptors (Lipinski definition) is 5. The monoisotopic (exact) mass is 406 g/mol. The van der Waals surface area contributed by atoms with Crippen molar-refractivity contribution in [2.24, 2.45) is 0 Å². The second-order valence-electron chi connectivity index (χ2n) is 5.96. The van der Waals surface area contributed by atoms with E-state index >= 15 is 0 Å². The fourth-order valence-electron chi connectivity index (χ4n) is 2.71. The molecule has 142 valence electrons. The molecule has 1 fully saturated rings. The van der Waals surface area contributed by atoms with Crippen LogP contribution in [0, 0.1) is 4.64 Å². The first kappa shape index (κ1) is 19.2. The van der Waals surface area contributed by atoms with E-state index < -0.39 is 21.8 Å². The van der Waals surface area contributed by atoms with Gasteiger partial charge in [-0.05, 0) is 49.2 Å². The Morgan fingerprint density at radius 3 is 2.26 bits per heavy atom. The maximum absolute atomic E-state index is 12.5. The smallest absolute Gasteiger partial charge is 0.272 e. The van der Waals surface area contributed by atoms with E-state index in [2.05, 4.69) is 15.8 Å². The minimum absolute atomic E-state index is 0.139. The molecule has 8 nitrogen and oxygen atoms in total. The normalized spacial score (nSPS) is 14.7. The Kier molecular flexibility index (Phi) is 5.68. The van der Waals surface area contributed by atoms with Crippen LogP contribution in [-0.4, -0.2) is 42.6 Å². The van der Waals surface area contributed by atoms with Crippen molar-refractivity contribution in [1.29, 1.82) is 0 Å². The Balaban J connectivity index is 1.65. The minimum atomic E-state index is -3.53. The molecule has 27 heavy (non-hydrogen) atoms. The molecule has 1 aromatic heterocycles. The van der Waals surface area contributed by atoms with Gasteiger partial charge in [0.2, 0.25) is 10.0 Å². The summed E-state index contributed by atoms with van der Waals surface area (Å²) >= 11 is 5.01. The van der Waals surface area contributed by atoms with E-state index in [-0.39, 0.29) is 20.7 Å². The molecule has 0 unspecified atom stereocenters. The molecular weight excluding hydrogens is 388 g/mol. The van der Waals surface area contributed by atoms with Gasteiger partial charge in [-0.3, -0.25) is 20.4 Å². The maximum Gasteiger partial charge on any atom is 0.272 e. The number of hydrazine groups is 1. The summed E-state index contributed by atoms with van der Waals surface area (Å²) in [5, 5.41) is 0. The molecule has 0 radical (unpaired) electrons. The predicted molar refractivity (Wildman–Crippen MR) is 101 cm³/mol. The number of amides is 2. The Morgan fingerprint density at radius 1 is 1.00 bits per heavy atom. The lowest BCUT2D eigenvalue weighted by Gasteiger charge is -2.15. The van der Waals surface area contributed by atoms with Gasteiger partial charge in [-0.1, -0.05) is 12.2 Å². The van der Waals surface area contributed by atoms with Crippen LogP contribution in [0.2, 0.25) is 0 Å². The van der Waals surface area contributed by atoms with E-state index in [9.17, 15) is 18.0 Å². The van der Waals surface area contributed by atoms with Crippen LogP contribution in [0.5, 0.6) is 0 Å². The van der Waals surface area contributed by atoms with E-state index in [4.69, 9.17) is 12.2 Å². The van der Waals surface area contributed by atoms with Crippen LogP contribution in [0.1, 0.15) is 33.6 Å². The highest BCUT2D eigenvalue weighted by Crippen LogP contribution is 2.21. The Hall–Kier alpha value is -2.56. The van der Waals surface area contributed by atoms with Crippen LogP contribution in [0.4, 0.5) is 0 Å². The first-order valence-corrected chi connectivity index (χ1v) is 10.1. The van der Waals surface area contributed by atoms with E-state index in [0.29, 0.717) is 13.1 Å². The second kappa shape index (κ2) is 7.99. The zero-order valence-corrected chi connectivity index (χ0v) is 15.9. The van der Waals surface area contributed by atoms with Crippen molar-refractivity contribution in [3.05, 3.63) is 58.4 Å². The summed E-state index contributed by atoms with van der Waals surface area (Å²) < 4.78 is 26.6. The number of hydrogen-bond donors (Lipinski definition) is 3. The van der Waals surface area contributed by atoms with Crippen molar-refractivity contribution in [3.63, 3.8) is 0 Å². The van der Waals surface area contributed by atoms with Crippen LogP contribution in [-0.2, 0) is 10.0 Å². The van der Waals surface area contributed by atoms with Crippen LogP contribution in [0.25, 0.3) is 0 Å². The number of carbonyl (C=O) groups excluding carboxylic acids is 2. The third-order valence-corrected chi connectivity index (χ3v) is 6.42. The number of carbonyl (C=O) groups is 2. The summed E-state index contributed by atoms with van der Waals surface area (Å²) in [6.45, 7) is 1.02. The van der Waals surface area contributed by atoms with Crippen LogP contribution >= 0.6 is 12.2 Å². The van der Waals surface area contributed by atoms with Gasteiger partial charge in [-0.25, -0.2) is 8.42 Å². The van der Waals surface area contributed by atoms with Gasteiger partial charge in [-0.15, -0.1) is 0 Å². The van der Waals surface area contributed by atoms with Crippen molar-refractivity contribution in [2.45, 2.75) is 17.7 Å². The number of benzene rings is 1. The zero-order valence-electron chi connectivity index (χ0n) is 14.3. The minimum Gasteiger partial charge on any atom is -0.352 e. The van der Waals surface area contributed by atoms with Crippen molar-refractivity contribution in [2.75, 3.05) is 13.1 Å². The van der Waals surface area contributed by atoms with Crippen molar-refractivity contribution in [1.82, 2.24) is 20.1 Å². The van der Waals surface area contributed by atoms with Gasteiger partial charge in [0.25, 0.3) is 11.8 Å². The molecule has 3 N–H and O–H groups in total. The number of rotatable bonds is 4. The van der Waals surface area contributed by atoms with E-state index in [1.54, 1.807) is 12.3 Å². The van der Waals surface area contributed by atoms with Gasteiger partial charge in [0.15, 0.2) is 0 Å². The molecule has 0 atom stereocenters. The van der Waals surface area contributed by atoms with Gasteiger partial charge in [0.05, 0.1) is 10.5 Å². The van der Waals surface area contributed by atoms with Crippen molar-refractivity contribution < 1.29 is 18.0 Å². The summed E-state index contributed by atoms with van der Waals surface area (Å²) in [6, 6.07) is 8.72. The van der Waals surface area contributed by atoms with Gasteiger partial charge < -0.3 is 4.98 Å². The number of sulfonamides is 1. The lowest BCUT2D eigenvalue weighted by molar-refractivity contribution is 0.0846. The predicted octanol–water partition coefficient (Wildman–Crippen LogP) is 1.60. The fraction of sp³-hybridized carbons (Fsp3) is 0.235. The molecule has 2 amide bonds. The number of nitrogens with zero attached hydrogens (tertiary/aromatic N) is 1. The highest BCUT2D eigenvalue weighted by atomic mass is 32.2. The fourth-order valence-corrected chi connectivity index (χ4v) is 4.46. The first-order valence-electron chi connectivity index (χ1n) is 8.28. The summed E-state index contributed by atoms with van der Waals surface area (Å²) in [5.41, 5.74) is 4.99. The maximum atomic E-state index is 12.5. The quantitative estimate of drug-likeness (QED) is 0.528. The molecule has 0 aliphatic carbocycles. The summed E-state index contributed by atoms with van der Waals surface area (Å²) in [4.78, 5) is 27.1. The SMILES string of the molecule is O=C(NNC(=O)c1ccc[nH]c1=S)c1ccc(S(=O)(=O)N2CCCC2)cc1. The van der Waals surface area contributed by atoms with Gasteiger partial charge >= 0.3 is 0 Å². The second-order valence-corrected chi connectivity index (χ2v) is 8.30. The highest BCUT2D eigenvalue weighted by molar-refractivity contribution is 7.89. The average Bonchev–Trinajstić information content (AvgIpc) is 3.22. The largest absolute Gasteiger partial charge is 0.352 e. The van der Waals surface area contributed by atoms with Gasteiger partial charge in [0, 0.05) is 24.8 Å². The van der Waals surface area contributed by atoms with Crippen LogP contribution in [0.15, 0.2) is 47.5 Å². The third-order valence-electron chi connectivity index (χ3n) is 4.17. The van der Waals surface area contributed by atoms with Gasteiger partial charge in [-0.2, -0.15) is 4.31 Å². The topological polar surface area (TPSA) is 111 Å². The average molecular weight is 406 g/mol. The molecule has 2 aromatic rings. The molecule has 1 aliphatic heterocycles. The van der Waals surface area contributed by atoms with Crippen LogP contribution < -0.4 is 10.9 Å². The molecule has 3 rings (SSSR count). The molecule has 1 aromatic carbocycles. The molecule has 1 saturated heterocycles. The zero-order chi connectivity index (χ0) is 19.4. The lowest BCUT2D eigenvalue weighted by Crippen LogP contribution is -2.41. The molecular formula is C17H18N4O4S2. The molecule has 0 bridgehead atoms. The van der Waals surface area contributed by atoms with E-state index in [1.165, 1.54) is 34.6 Å². The molecule has 0 saturated carbocycles. The number of aromatic amines is 1. The first-order chi connectivity index (χ1) is 12.9. The van der Waals surface area contributed by atoms with Crippen molar-refractivity contribution >= 4 is 34.1 Å². The summed E-state index contributed by atoms with van der Waals surface area (Å²) in [5.74, 6) is -1.13. The standard InChI is InChI=1S/C17H18N4O4S2/c22-15(19-20-16(23)14-4-3-9-18-17(14)26)12-5-7-13(8-6-12)27(24,25)21-10-1-2-11-21/h3-9H,1-2,10-11H2,(H,18,26)(H,19,22)(H,20,23). The number of pyridine rings is 1. The number of nitrogens with one attached hydrogen (secondary N) is 3. The number of H-pyrrole nitrogens is 1. The molecule has 10 heteroatoms. The Bertz CT molecular complexity index is 1010. The molecule has 0 spiro atoms. The van der Waals surface area contributed by atoms with E-state index in [0.717, 1.165) is 12.8 Å². The van der Waals surface area contributed by atoms with Crippen molar-refractivity contribution in [3.8, 4) is 0 Å². The van der Waals surface area contributed by atoms with Crippen LogP contribution in [0.3, 0.4) is 0 Å².